The normalized spacial score (nSPS) is 17.5. The number of allylic oxidation sites excluding steroid dienone is 1. The summed E-state index contributed by atoms with van der Waals surface area (Å²) in [5.74, 6) is 0.347. The van der Waals surface area contributed by atoms with Crippen LogP contribution in [0.3, 0.4) is 0 Å². The van der Waals surface area contributed by atoms with E-state index < -0.39 is 15.9 Å². The van der Waals surface area contributed by atoms with Gasteiger partial charge in [0.15, 0.2) is 16.3 Å². The summed E-state index contributed by atoms with van der Waals surface area (Å²) >= 11 is 1.37. The first-order chi connectivity index (χ1) is 16.8. The van der Waals surface area contributed by atoms with Gasteiger partial charge < -0.3 is 14.0 Å². The minimum Gasteiger partial charge on any atom is -0.493 e. The summed E-state index contributed by atoms with van der Waals surface area (Å²) < 4.78 is 41.3. The number of nitrogens with zero attached hydrogens (tertiary/aromatic N) is 3. The number of aryl methyl sites for hydroxylation is 1. The number of hydrogen-bond donors (Lipinski definition) is 0. The Balaban J connectivity index is 1.66. The maximum absolute atomic E-state index is 13.2. The highest BCUT2D eigenvalue weighted by molar-refractivity contribution is 7.89. The van der Waals surface area contributed by atoms with E-state index in [0.717, 1.165) is 15.8 Å². The van der Waals surface area contributed by atoms with Gasteiger partial charge in [0.05, 0.1) is 35.2 Å². The first-order valence-corrected chi connectivity index (χ1v) is 13.6. The number of piperidine rings is 1. The molecule has 0 aliphatic carbocycles. The molecule has 1 fully saturated rings. The Morgan fingerprint density at radius 2 is 1.89 bits per heavy atom. The van der Waals surface area contributed by atoms with E-state index in [1.165, 1.54) is 15.6 Å². The molecule has 1 saturated heterocycles. The highest BCUT2D eigenvalue weighted by atomic mass is 32.2. The minimum atomic E-state index is -3.67. The number of benzene rings is 2. The molecule has 35 heavy (non-hydrogen) atoms. The molecule has 186 valence electrons. The summed E-state index contributed by atoms with van der Waals surface area (Å²) in [4.78, 5) is 18.4. The van der Waals surface area contributed by atoms with Crippen LogP contribution in [0.25, 0.3) is 10.2 Å². The highest BCUT2D eigenvalue weighted by Gasteiger charge is 2.33. The Labute approximate surface area is 209 Å². The van der Waals surface area contributed by atoms with Crippen LogP contribution in [0.2, 0.25) is 0 Å². The summed E-state index contributed by atoms with van der Waals surface area (Å²) in [5, 5.41) is 0. The third-order valence-electron chi connectivity index (χ3n) is 6.10. The van der Waals surface area contributed by atoms with Gasteiger partial charge in [0.1, 0.15) is 0 Å². The first kappa shape index (κ1) is 25.2. The van der Waals surface area contributed by atoms with E-state index in [9.17, 15) is 13.2 Å². The molecule has 1 aliphatic heterocycles. The lowest BCUT2D eigenvalue weighted by Gasteiger charge is -2.30. The van der Waals surface area contributed by atoms with Crippen molar-refractivity contribution in [3.8, 4) is 11.5 Å². The molecule has 3 aromatic rings. The Bertz CT molecular complexity index is 1420. The lowest BCUT2D eigenvalue weighted by Crippen LogP contribution is -2.42. The van der Waals surface area contributed by atoms with Gasteiger partial charge in [-0.1, -0.05) is 35.1 Å². The van der Waals surface area contributed by atoms with Crippen molar-refractivity contribution in [2.75, 3.05) is 27.3 Å². The number of carbonyl (C=O) groups excluding carboxylic acids is 1. The van der Waals surface area contributed by atoms with Crippen molar-refractivity contribution in [3.05, 3.63) is 59.4 Å². The average molecular weight is 516 g/mol. The predicted octanol–water partition coefficient (Wildman–Crippen LogP) is 3.74. The van der Waals surface area contributed by atoms with Gasteiger partial charge >= 0.3 is 0 Å². The Morgan fingerprint density at radius 3 is 2.54 bits per heavy atom. The molecule has 1 unspecified atom stereocenters. The van der Waals surface area contributed by atoms with Gasteiger partial charge in [-0.2, -0.15) is 9.30 Å². The molecule has 0 radical (unpaired) electrons. The van der Waals surface area contributed by atoms with E-state index in [4.69, 9.17) is 9.47 Å². The maximum Gasteiger partial charge on any atom is 0.252 e. The Kier molecular flexibility index (Phi) is 7.44. The molecule has 0 bridgehead atoms. The zero-order valence-electron chi connectivity index (χ0n) is 20.1. The fraction of sp³-hybridized carbons (Fsp3) is 0.360. The molecule has 1 aromatic heterocycles. The molecule has 2 aromatic carbocycles. The van der Waals surface area contributed by atoms with Gasteiger partial charge in [0.25, 0.3) is 5.91 Å². The van der Waals surface area contributed by atoms with Crippen LogP contribution in [0.5, 0.6) is 11.5 Å². The second-order valence-electron chi connectivity index (χ2n) is 8.42. The molecule has 10 heteroatoms. The number of methoxy groups -OCH3 is 2. The van der Waals surface area contributed by atoms with Gasteiger partial charge in [0, 0.05) is 31.8 Å². The summed E-state index contributed by atoms with van der Waals surface area (Å²) in [6.45, 7) is 6.70. The topological polar surface area (TPSA) is 90.2 Å². The van der Waals surface area contributed by atoms with E-state index in [-0.39, 0.29) is 17.3 Å². The van der Waals surface area contributed by atoms with Crippen molar-refractivity contribution in [1.82, 2.24) is 8.87 Å². The summed E-state index contributed by atoms with van der Waals surface area (Å²) in [6, 6.07) is 10.5. The van der Waals surface area contributed by atoms with Crippen LogP contribution in [-0.2, 0) is 21.4 Å². The highest BCUT2D eigenvalue weighted by Crippen LogP contribution is 2.33. The van der Waals surface area contributed by atoms with Gasteiger partial charge in [0.2, 0.25) is 10.0 Å². The third kappa shape index (κ3) is 5.05. The molecule has 0 spiro atoms. The fourth-order valence-corrected chi connectivity index (χ4v) is 6.77. The maximum atomic E-state index is 13.2. The van der Waals surface area contributed by atoms with Gasteiger partial charge in [-0.25, -0.2) is 8.42 Å². The molecule has 1 atom stereocenters. The number of aromatic nitrogens is 1. The molecule has 1 amide bonds. The molecular weight excluding hydrogens is 486 g/mol. The van der Waals surface area contributed by atoms with E-state index in [1.807, 2.05) is 23.6 Å². The smallest absolute Gasteiger partial charge is 0.252 e. The number of fused-ring (bicyclic) bond motifs is 1. The van der Waals surface area contributed by atoms with Crippen molar-refractivity contribution in [1.29, 1.82) is 0 Å². The molecule has 0 saturated carbocycles. The zero-order valence-corrected chi connectivity index (χ0v) is 21.7. The molecule has 8 nitrogen and oxygen atoms in total. The summed E-state index contributed by atoms with van der Waals surface area (Å²) in [6.07, 6.45) is 2.93. The van der Waals surface area contributed by atoms with Gasteiger partial charge in [-0.05, 0) is 31.9 Å². The quantitative estimate of drug-likeness (QED) is 0.447. The monoisotopic (exact) mass is 515 g/mol. The zero-order chi connectivity index (χ0) is 25.2. The van der Waals surface area contributed by atoms with Crippen LogP contribution in [0.1, 0.15) is 18.4 Å². The minimum absolute atomic E-state index is 0.118. The van der Waals surface area contributed by atoms with Gasteiger partial charge in [-0.15, -0.1) is 6.58 Å². The van der Waals surface area contributed by atoms with Crippen LogP contribution >= 0.6 is 11.3 Å². The Hall–Kier alpha value is -2.95. The summed E-state index contributed by atoms with van der Waals surface area (Å²) in [5.41, 5.74) is 1.84. The number of ether oxygens (including phenoxy) is 2. The molecule has 4 rings (SSSR count). The van der Waals surface area contributed by atoms with Crippen molar-refractivity contribution in [2.45, 2.75) is 31.2 Å². The number of hydrogen-bond acceptors (Lipinski definition) is 6. The number of carbonyl (C=O) groups is 1. The molecular formula is C25H29N3O5S2. The number of rotatable bonds is 7. The van der Waals surface area contributed by atoms with E-state index >= 15 is 0 Å². The largest absolute Gasteiger partial charge is 0.493 e. The lowest BCUT2D eigenvalue weighted by molar-refractivity contribution is -0.122. The lowest BCUT2D eigenvalue weighted by atomic mass is 9.99. The van der Waals surface area contributed by atoms with E-state index in [1.54, 1.807) is 44.6 Å². The molecule has 0 N–H and O–H groups in total. The van der Waals surface area contributed by atoms with E-state index in [2.05, 4.69) is 11.6 Å². The number of thiazole rings is 1. The SMILES string of the molecule is C=CCn1c(=NC(=O)C2CCCN(S(=O)(=O)c3ccc(C)cc3)C2)sc2cc(OC)c(OC)cc21. The Morgan fingerprint density at radius 1 is 1.20 bits per heavy atom. The molecule has 1 aliphatic rings. The van der Waals surface area contributed by atoms with Crippen LogP contribution in [-0.4, -0.2) is 50.5 Å². The predicted molar refractivity (Wildman–Crippen MR) is 136 cm³/mol. The van der Waals surface area contributed by atoms with Crippen molar-refractivity contribution < 1.29 is 22.7 Å². The first-order valence-electron chi connectivity index (χ1n) is 11.3. The second kappa shape index (κ2) is 10.3. The van der Waals surface area contributed by atoms with Crippen LogP contribution in [0.15, 0.2) is 58.9 Å². The standard InChI is InChI=1S/C25H29N3O5S2/c1-5-12-28-20-14-21(32-3)22(33-4)15-23(20)34-25(28)26-24(29)18-7-6-13-27(16-18)35(30,31)19-10-8-17(2)9-11-19/h5,8-11,14-15,18H,1,6-7,12-13,16H2,2-4H3. The summed E-state index contributed by atoms with van der Waals surface area (Å²) in [7, 11) is -0.531. The van der Waals surface area contributed by atoms with Gasteiger partial charge in [-0.3, -0.25) is 4.79 Å². The number of amides is 1. The van der Waals surface area contributed by atoms with E-state index in [0.29, 0.717) is 42.2 Å². The second-order valence-corrected chi connectivity index (χ2v) is 11.4. The van der Waals surface area contributed by atoms with Crippen molar-refractivity contribution in [2.24, 2.45) is 10.9 Å². The molecule has 2 heterocycles. The van der Waals surface area contributed by atoms with Crippen LogP contribution in [0, 0.1) is 12.8 Å². The van der Waals surface area contributed by atoms with Crippen molar-refractivity contribution >= 4 is 37.5 Å². The third-order valence-corrected chi connectivity index (χ3v) is 9.02. The average Bonchev–Trinajstić information content (AvgIpc) is 3.19. The number of sulfonamides is 1. The van der Waals surface area contributed by atoms with Crippen LogP contribution < -0.4 is 14.3 Å². The fourth-order valence-electron chi connectivity index (χ4n) is 4.19. The van der Waals surface area contributed by atoms with Crippen LogP contribution in [0.4, 0.5) is 0 Å². The van der Waals surface area contributed by atoms with Crippen molar-refractivity contribution in [3.63, 3.8) is 0 Å².